The van der Waals surface area contributed by atoms with Gasteiger partial charge in [0, 0.05) is 26.9 Å². The maximum absolute atomic E-state index is 13.3. The van der Waals surface area contributed by atoms with Crippen LogP contribution in [0.25, 0.3) is 6.08 Å². The average molecular weight is 556 g/mol. The SMILES string of the molecule is Cc1ccc(NC(=O)CSc2cccc(NC(=O)/C(=C\c3ccccc3Cl)NC(=O)c3ccccc3)c2)cc1. The molecule has 196 valence electrons. The van der Waals surface area contributed by atoms with E-state index in [1.807, 2.05) is 37.3 Å². The normalized spacial score (nSPS) is 11.0. The molecule has 0 heterocycles. The third-order valence-electron chi connectivity index (χ3n) is 5.53. The monoisotopic (exact) mass is 555 g/mol. The highest BCUT2D eigenvalue weighted by molar-refractivity contribution is 8.00. The minimum absolute atomic E-state index is 0.0347. The number of benzene rings is 4. The number of hydrogen-bond donors (Lipinski definition) is 3. The molecule has 6 nitrogen and oxygen atoms in total. The molecule has 3 amide bonds. The van der Waals surface area contributed by atoms with Crippen molar-refractivity contribution in [2.24, 2.45) is 0 Å². The van der Waals surface area contributed by atoms with E-state index in [4.69, 9.17) is 11.6 Å². The number of carbonyl (C=O) groups excluding carboxylic acids is 3. The molecule has 0 bridgehead atoms. The molecule has 0 aromatic heterocycles. The second-order valence-corrected chi connectivity index (χ2v) is 10.0. The molecular weight excluding hydrogens is 530 g/mol. The number of rotatable bonds is 9. The third kappa shape index (κ3) is 8.33. The highest BCUT2D eigenvalue weighted by Gasteiger charge is 2.16. The van der Waals surface area contributed by atoms with Crippen molar-refractivity contribution in [1.29, 1.82) is 0 Å². The van der Waals surface area contributed by atoms with Crippen molar-refractivity contribution in [2.75, 3.05) is 16.4 Å². The van der Waals surface area contributed by atoms with E-state index in [9.17, 15) is 14.4 Å². The first-order chi connectivity index (χ1) is 18.9. The van der Waals surface area contributed by atoms with E-state index in [-0.39, 0.29) is 17.4 Å². The Morgan fingerprint density at radius 1 is 0.795 bits per heavy atom. The quantitative estimate of drug-likeness (QED) is 0.157. The zero-order valence-electron chi connectivity index (χ0n) is 21.1. The van der Waals surface area contributed by atoms with Crippen molar-refractivity contribution >= 4 is 58.5 Å². The van der Waals surface area contributed by atoms with Gasteiger partial charge in [-0.1, -0.05) is 71.8 Å². The lowest BCUT2D eigenvalue weighted by molar-refractivity contribution is -0.114. The molecule has 0 fully saturated rings. The summed E-state index contributed by atoms with van der Waals surface area (Å²) in [4.78, 5) is 39.3. The molecule has 4 aromatic rings. The summed E-state index contributed by atoms with van der Waals surface area (Å²) in [5.41, 5.74) is 3.41. The molecule has 4 aromatic carbocycles. The first-order valence-electron chi connectivity index (χ1n) is 12.1. The van der Waals surface area contributed by atoms with E-state index >= 15 is 0 Å². The number of anilines is 2. The van der Waals surface area contributed by atoms with Gasteiger partial charge in [0.1, 0.15) is 5.70 Å². The first-order valence-corrected chi connectivity index (χ1v) is 13.5. The van der Waals surface area contributed by atoms with E-state index in [0.717, 1.165) is 16.1 Å². The number of nitrogens with one attached hydrogen (secondary N) is 3. The molecule has 0 aliphatic carbocycles. The van der Waals surface area contributed by atoms with Crippen molar-refractivity contribution in [3.8, 4) is 0 Å². The number of thioether (sulfide) groups is 1. The molecule has 39 heavy (non-hydrogen) atoms. The summed E-state index contributed by atoms with van der Waals surface area (Å²) in [6.45, 7) is 1.99. The molecule has 8 heteroatoms. The molecule has 0 aliphatic heterocycles. The van der Waals surface area contributed by atoms with E-state index < -0.39 is 11.8 Å². The summed E-state index contributed by atoms with van der Waals surface area (Å²) in [6, 6.07) is 30.4. The van der Waals surface area contributed by atoms with Gasteiger partial charge in [0.25, 0.3) is 11.8 Å². The molecule has 0 unspecified atom stereocenters. The summed E-state index contributed by atoms with van der Waals surface area (Å²) < 4.78 is 0. The van der Waals surface area contributed by atoms with Crippen molar-refractivity contribution < 1.29 is 14.4 Å². The van der Waals surface area contributed by atoms with Gasteiger partial charge < -0.3 is 16.0 Å². The van der Waals surface area contributed by atoms with Crippen LogP contribution in [-0.2, 0) is 9.59 Å². The topological polar surface area (TPSA) is 87.3 Å². The van der Waals surface area contributed by atoms with Crippen LogP contribution in [0.2, 0.25) is 5.02 Å². The fourth-order valence-electron chi connectivity index (χ4n) is 3.53. The van der Waals surface area contributed by atoms with Crippen LogP contribution in [0.15, 0.2) is 114 Å². The summed E-state index contributed by atoms with van der Waals surface area (Å²) in [7, 11) is 0. The smallest absolute Gasteiger partial charge is 0.272 e. The first kappa shape index (κ1) is 27.7. The lowest BCUT2D eigenvalue weighted by atomic mass is 10.1. The fourth-order valence-corrected chi connectivity index (χ4v) is 4.48. The number of hydrogen-bond acceptors (Lipinski definition) is 4. The second-order valence-electron chi connectivity index (χ2n) is 8.58. The molecule has 0 atom stereocenters. The van der Waals surface area contributed by atoms with Gasteiger partial charge in [0.05, 0.1) is 5.75 Å². The highest BCUT2D eigenvalue weighted by Crippen LogP contribution is 2.23. The van der Waals surface area contributed by atoms with Gasteiger partial charge in [-0.15, -0.1) is 11.8 Å². The van der Waals surface area contributed by atoms with Crippen LogP contribution < -0.4 is 16.0 Å². The summed E-state index contributed by atoms with van der Waals surface area (Å²) in [5, 5.41) is 8.85. The van der Waals surface area contributed by atoms with Crippen molar-refractivity contribution in [3.05, 3.63) is 131 Å². The van der Waals surface area contributed by atoms with E-state index in [2.05, 4.69) is 16.0 Å². The molecule has 0 radical (unpaired) electrons. The highest BCUT2D eigenvalue weighted by atomic mass is 35.5. The molecule has 0 saturated carbocycles. The van der Waals surface area contributed by atoms with Crippen LogP contribution in [0, 0.1) is 6.92 Å². The Morgan fingerprint density at radius 3 is 2.26 bits per heavy atom. The van der Waals surface area contributed by atoms with Crippen LogP contribution in [0.4, 0.5) is 11.4 Å². The van der Waals surface area contributed by atoms with E-state index in [0.29, 0.717) is 21.8 Å². The van der Waals surface area contributed by atoms with Gasteiger partial charge in [-0.2, -0.15) is 0 Å². The van der Waals surface area contributed by atoms with Gasteiger partial charge >= 0.3 is 0 Å². The standard InChI is InChI=1S/C31H26ClN3O3S/c1-21-14-16-24(17-15-21)33-29(36)20-39-26-12-7-11-25(19-26)34-31(38)28(18-23-10-5-6-13-27(23)32)35-30(37)22-8-3-2-4-9-22/h2-19H,20H2,1H3,(H,33,36)(H,34,38)(H,35,37)/b28-18+. The van der Waals surface area contributed by atoms with Gasteiger partial charge in [-0.3, -0.25) is 14.4 Å². The lowest BCUT2D eigenvalue weighted by Crippen LogP contribution is -2.30. The van der Waals surface area contributed by atoms with Crippen molar-refractivity contribution in [3.63, 3.8) is 0 Å². The van der Waals surface area contributed by atoms with Gasteiger partial charge in [0.15, 0.2) is 0 Å². The van der Waals surface area contributed by atoms with E-state index in [1.165, 1.54) is 17.8 Å². The van der Waals surface area contributed by atoms with Gasteiger partial charge in [-0.25, -0.2) is 0 Å². The predicted octanol–water partition coefficient (Wildman–Crippen LogP) is 6.79. The summed E-state index contributed by atoms with van der Waals surface area (Å²) in [6.07, 6.45) is 1.53. The Kier molecular flexibility index (Phi) is 9.56. The fraction of sp³-hybridized carbons (Fsp3) is 0.0645. The molecule has 0 saturated heterocycles. The zero-order valence-corrected chi connectivity index (χ0v) is 22.7. The Balaban J connectivity index is 1.45. The van der Waals surface area contributed by atoms with Crippen molar-refractivity contribution in [2.45, 2.75) is 11.8 Å². The number of amides is 3. The summed E-state index contributed by atoms with van der Waals surface area (Å²) >= 11 is 7.65. The number of aryl methyl sites for hydroxylation is 1. The molecule has 0 aliphatic rings. The van der Waals surface area contributed by atoms with Crippen LogP contribution in [-0.4, -0.2) is 23.5 Å². The molecule has 3 N–H and O–H groups in total. The number of halogens is 1. The van der Waals surface area contributed by atoms with E-state index in [1.54, 1.807) is 72.8 Å². The van der Waals surface area contributed by atoms with Crippen LogP contribution in [0.1, 0.15) is 21.5 Å². The second kappa shape index (κ2) is 13.5. The minimum Gasteiger partial charge on any atom is -0.325 e. The maximum Gasteiger partial charge on any atom is 0.272 e. The van der Waals surface area contributed by atoms with Gasteiger partial charge in [-0.05, 0) is 67.1 Å². The Hall–Kier alpha value is -4.33. The molecule has 4 rings (SSSR count). The van der Waals surface area contributed by atoms with Gasteiger partial charge in [0.2, 0.25) is 5.91 Å². The minimum atomic E-state index is -0.515. The Morgan fingerprint density at radius 2 is 1.51 bits per heavy atom. The Bertz CT molecular complexity index is 1510. The van der Waals surface area contributed by atoms with Crippen molar-refractivity contribution in [1.82, 2.24) is 5.32 Å². The van der Waals surface area contributed by atoms with Crippen LogP contribution in [0.5, 0.6) is 0 Å². The largest absolute Gasteiger partial charge is 0.325 e. The third-order valence-corrected chi connectivity index (χ3v) is 6.87. The molecular formula is C31H26ClN3O3S. The average Bonchev–Trinajstić information content (AvgIpc) is 2.94. The predicted molar refractivity (Wildman–Crippen MR) is 159 cm³/mol. The molecule has 0 spiro atoms. The summed E-state index contributed by atoms with van der Waals surface area (Å²) in [5.74, 6) is -0.867. The zero-order chi connectivity index (χ0) is 27.6. The number of carbonyl (C=O) groups is 3. The lowest BCUT2D eigenvalue weighted by Gasteiger charge is -2.12. The van der Waals surface area contributed by atoms with Crippen LogP contribution in [0.3, 0.4) is 0 Å². The Labute approximate surface area is 236 Å². The maximum atomic E-state index is 13.3. The van der Waals surface area contributed by atoms with Crippen LogP contribution >= 0.6 is 23.4 Å².